The van der Waals surface area contributed by atoms with Gasteiger partial charge in [-0.2, -0.15) is 5.26 Å². The van der Waals surface area contributed by atoms with Gasteiger partial charge in [-0.05, 0) is 30.7 Å². The van der Waals surface area contributed by atoms with Crippen molar-refractivity contribution in [2.24, 2.45) is 0 Å². The fourth-order valence-electron chi connectivity index (χ4n) is 4.71. The second kappa shape index (κ2) is 10.9. The Morgan fingerprint density at radius 3 is 2.70 bits per heavy atom. The summed E-state index contributed by atoms with van der Waals surface area (Å²) in [6.45, 7) is 3.13. The Kier molecular flexibility index (Phi) is 7.72. The minimum absolute atomic E-state index is 0.0260. The first-order valence-corrected chi connectivity index (χ1v) is 12.9. The van der Waals surface area contributed by atoms with Gasteiger partial charge in [0.15, 0.2) is 0 Å². The summed E-state index contributed by atoms with van der Waals surface area (Å²) in [6.07, 6.45) is 8.64. The predicted molar refractivity (Wildman–Crippen MR) is 134 cm³/mol. The normalized spacial score (nSPS) is 16.1. The van der Waals surface area contributed by atoms with Crippen LogP contribution in [0.1, 0.15) is 74.2 Å². The van der Waals surface area contributed by atoms with Crippen LogP contribution in [-0.2, 0) is 4.79 Å². The van der Waals surface area contributed by atoms with Crippen molar-refractivity contribution >= 4 is 39.9 Å². The second-order valence-corrected chi connectivity index (χ2v) is 10.1. The number of benzene rings is 2. The average molecular weight is 462 g/mol. The van der Waals surface area contributed by atoms with Crippen molar-refractivity contribution in [2.45, 2.75) is 68.4 Å². The first-order chi connectivity index (χ1) is 16.1. The van der Waals surface area contributed by atoms with Gasteiger partial charge in [0.1, 0.15) is 11.6 Å². The lowest BCUT2D eigenvalue weighted by Gasteiger charge is -2.25. The summed E-state index contributed by atoms with van der Waals surface area (Å²) < 4.78 is 0. The van der Waals surface area contributed by atoms with E-state index in [9.17, 15) is 14.9 Å². The van der Waals surface area contributed by atoms with E-state index in [0.717, 1.165) is 29.2 Å². The molecule has 2 aliphatic carbocycles. The number of hydrogen-bond donors (Lipinski definition) is 2. The number of nitrogens with zero attached hydrogens (tertiary/aromatic N) is 1. The summed E-state index contributed by atoms with van der Waals surface area (Å²) in [5, 5.41) is 18.5. The Hall–Kier alpha value is -2.78. The number of nitriles is 1. The molecule has 2 N–H and O–H groups in total. The van der Waals surface area contributed by atoms with Crippen molar-refractivity contribution in [3.8, 4) is 6.07 Å². The molecule has 4 rings (SSSR count). The maximum absolute atomic E-state index is 13.2. The van der Waals surface area contributed by atoms with E-state index in [1.54, 1.807) is 0 Å². The van der Waals surface area contributed by atoms with Crippen molar-refractivity contribution in [3.05, 3.63) is 47.0 Å². The third kappa shape index (κ3) is 5.09. The van der Waals surface area contributed by atoms with Crippen LogP contribution in [0.5, 0.6) is 0 Å². The van der Waals surface area contributed by atoms with E-state index in [2.05, 4.69) is 35.8 Å². The molecule has 0 bridgehead atoms. The number of nitrogens with one attached hydrogen (secondary N) is 2. The Labute approximate surface area is 200 Å². The van der Waals surface area contributed by atoms with Gasteiger partial charge in [0.25, 0.3) is 0 Å². The van der Waals surface area contributed by atoms with Gasteiger partial charge in [0.05, 0.1) is 5.70 Å². The molecule has 1 saturated carbocycles. The predicted octanol–water partition coefficient (Wildman–Crippen LogP) is 5.59. The summed E-state index contributed by atoms with van der Waals surface area (Å²) in [7, 11) is 0. The third-order valence-electron chi connectivity index (χ3n) is 6.46. The number of unbranched alkanes of at least 4 members (excludes halogenated alkanes) is 1. The molecule has 33 heavy (non-hydrogen) atoms. The van der Waals surface area contributed by atoms with Crippen LogP contribution in [0.3, 0.4) is 0 Å². The summed E-state index contributed by atoms with van der Waals surface area (Å²) >= 11 is 1.92. The fourth-order valence-corrected chi connectivity index (χ4v) is 6.08. The molecular weight excluding hydrogens is 430 g/mol. The van der Waals surface area contributed by atoms with Gasteiger partial charge in [-0.1, -0.05) is 56.9 Å². The standard InChI is InChI=1S/C27H31N3O2S/c1-2-3-15-29-24(31)14-16-30-26-20-12-13-23(33-18-8-5-4-6-9-18)19-10-7-11-21(25(19)20)27(32)22(26)17-28/h7,10-13,18,30H,2-6,8-9,14-16H2,1H3,(H,29,31). The van der Waals surface area contributed by atoms with Crippen LogP contribution in [0.2, 0.25) is 0 Å². The Bertz CT molecular complexity index is 1130. The van der Waals surface area contributed by atoms with E-state index >= 15 is 0 Å². The third-order valence-corrected chi connectivity index (χ3v) is 7.87. The van der Waals surface area contributed by atoms with Gasteiger partial charge < -0.3 is 10.6 Å². The van der Waals surface area contributed by atoms with E-state index in [4.69, 9.17) is 0 Å². The minimum atomic E-state index is -0.245. The van der Waals surface area contributed by atoms with Crippen LogP contribution >= 0.6 is 11.8 Å². The van der Waals surface area contributed by atoms with Crippen LogP contribution in [-0.4, -0.2) is 30.0 Å². The first kappa shape index (κ1) is 23.4. The van der Waals surface area contributed by atoms with Crippen molar-refractivity contribution in [1.29, 1.82) is 5.26 Å². The summed E-state index contributed by atoms with van der Waals surface area (Å²) in [6, 6.07) is 12.1. The zero-order valence-electron chi connectivity index (χ0n) is 19.2. The van der Waals surface area contributed by atoms with E-state index < -0.39 is 0 Å². The molecule has 2 aromatic carbocycles. The average Bonchev–Trinajstić information content (AvgIpc) is 2.84. The number of thioether (sulfide) groups is 1. The van der Waals surface area contributed by atoms with E-state index in [0.29, 0.717) is 36.0 Å². The highest BCUT2D eigenvalue weighted by atomic mass is 32.2. The molecule has 0 aliphatic heterocycles. The van der Waals surface area contributed by atoms with Crippen LogP contribution in [0, 0.1) is 11.3 Å². The van der Waals surface area contributed by atoms with Gasteiger partial charge in [0, 0.05) is 46.2 Å². The minimum Gasteiger partial charge on any atom is -0.383 e. The second-order valence-electron chi connectivity index (χ2n) is 8.79. The zero-order valence-corrected chi connectivity index (χ0v) is 20.0. The Balaban J connectivity index is 1.61. The van der Waals surface area contributed by atoms with Crippen molar-refractivity contribution in [3.63, 3.8) is 0 Å². The monoisotopic (exact) mass is 461 g/mol. The number of Topliss-reactive ketones (excluding diaryl/α,β-unsaturated/α-hetero) is 1. The molecule has 0 atom stereocenters. The molecule has 0 saturated heterocycles. The molecular formula is C27H31N3O2S. The van der Waals surface area contributed by atoms with E-state index in [-0.39, 0.29) is 17.3 Å². The van der Waals surface area contributed by atoms with Gasteiger partial charge in [0.2, 0.25) is 11.7 Å². The first-order valence-electron chi connectivity index (χ1n) is 12.1. The smallest absolute Gasteiger partial charge is 0.221 e. The molecule has 2 aliphatic rings. The molecule has 172 valence electrons. The van der Waals surface area contributed by atoms with Crippen LogP contribution in [0.15, 0.2) is 40.8 Å². The topological polar surface area (TPSA) is 82.0 Å². The van der Waals surface area contributed by atoms with Crippen LogP contribution in [0.25, 0.3) is 16.5 Å². The molecule has 1 fully saturated rings. The summed E-state index contributed by atoms with van der Waals surface area (Å²) in [5.74, 6) is -0.271. The van der Waals surface area contributed by atoms with Gasteiger partial charge in [-0.25, -0.2) is 0 Å². The maximum Gasteiger partial charge on any atom is 0.221 e. The van der Waals surface area contributed by atoms with Crippen molar-refractivity contribution in [2.75, 3.05) is 13.1 Å². The van der Waals surface area contributed by atoms with Gasteiger partial charge in [-0.3, -0.25) is 9.59 Å². The Morgan fingerprint density at radius 2 is 1.94 bits per heavy atom. The number of carbonyl (C=O) groups excluding carboxylic acids is 2. The fraction of sp³-hybridized carbons (Fsp3) is 0.444. The SMILES string of the molecule is CCCCNC(=O)CCNC1=C(C#N)C(=O)c2cccc3c(SC4CCCCC4)ccc1c23. The highest BCUT2D eigenvalue weighted by Crippen LogP contribution is 2.42. The van der Waals surface area contributed by atoms with E-state index in [1.165, 1.54) is 37.0 Å². The number of allylic oxidation sites excluding steroid dienone is 1. The van der Waals surface area contributed by atoms with Gasteiger partial charge in [-0.15, -0.1) is 11.8 Å². The largest absolute Gasteiger partial charge is 0.383 e. The maximum atomic E-state index is 13.2. The molecule has 0 heterocycles. The number of amides is 1. The molecule has 5 nitrogen and oxygen atoms in total. The quantitative estimate of drug-likeness (QED) is 0.476. The number of rotatable bonds is 9. The lowest BCUT2D eigenvalue weighted by Crippen LogP contribution is -2.29. The summed E-state index contributed by atoms with van der Waals surface area (Å²) in [4.78, 5) is 26.5. The van der Waals surface area contributed by atoms with Gasteiger partial charge >= 0.3 is 0 Å². The van der Waals surface area contributed by atoms with Crippen molar-refractivity contribution < 1.29 is 9.59 Å². The molecule has 0 unspecified atom stereocenters. The molecule has 6 heteroatoms. The number of hydrogen-bond acceptors (Lipinski definition) is 5. The highest BCUT2D eigenvalue weighted by Gasteiger charge is 2.29. The van der Waals surface area contributed by atoms with Crippen LogP contribution < -0.4 is 10.6 Å². The molecule has 0 radical (unpaired) electrons. The number of ketones is 1. The molecule has 0 spiro atoms. The van der Waals surface area contributed by atoms with E-state index in [1.807, 2.05) is 30.0 Å². The van der Waals surface area contributed by atoms with Crippen LogP contribution in [0.4, 0.5) is 0 Å². The zero-order chi connectivity index (χ0) is 23.2. The lowest BCUT2D eigenvalue weighted by atomic mass is 9.86. The molecule has 1 amide bonds. The molecule has 0 aromatic heterocycles. The highest BCUT2D eigenvalue weighted by molar-refractivity contribution is 8.00. The summed E-state index contributed by atoms with van der Waals surface area (Å²) in [5.41, 5.74) is 2.12. The lowest BCUT2D eigenvalue weighted by molar-refractivity contribution is -0.120. The molecule has 2 aromatic rings. The Morgan fingerprint density at radius 1 is 1.12 bits per heavy atom. The number of carbonyl (C=O) groups is 2. The van der Waals surface area contributed by atoms with Crippen molar-refractivity contribution in [1.82, 2.24) is 10.6 Å².